The monoisotopic (exact) mass is 364 g/mol. The Morgan fingerprint density at radius 3 is 2.54 bits per heavy atom. The third kappa shape index (κ3) is 3.25. The van der Waals surface area contributed by atoms with Crippen LogP contribution >= 0.6 is 11.3 Å². The van der Waals surface area contributed by atoms with Gasteiger partial charge in [-0.1, -0.05) is 23.5 Å². The second-order valence-corrected chi connectivity index (χ2v) is 6.72. The molecule has 0 bridgehead atoms. The van der Waals surface area contributed by atoms with Gasteiger partial charge in [0.25, 0.3) is 5.91 Å². The van der Waals surface area contributed by atoms with Crippen molar-refractivity contribution in [2.75, 3.05) is 11.1 Å². The maximum atomic E-state index is 13.0. The van der Waals surface area contributed by atoms with Gasteiger partial charge in [-0.25, -0.2) is 14.4 Å². The van der Waals surface area contributed by atoms with Gasteiger partial charge in [-0.15, -0.1) is 0 Å². The summed E-state index contributed by atoms with van der Waals surface area (Å²) in [6, 6.07) is 13.1. The molecule has 128 valence electrons. The third-order valence-electron chi connectivity index (χ3n) is 3.88. The number of fused-ring (bicyclic) bond motifs is 1. The molecule has 2 aromatic carbocycles. The number of hydrogen-bond donors (Lipinski definition) is 2. The number of rotatable bonds is 3. The maximum Gasteiger partial charge on any atom is 0.256 e. The molecular weight excluding hydrogens is 351 g/mol. The van der Waals surface area contributed by atoms with Crippen LogP contribution in [0.1, 0.15) is 10.4 Å². The Bertz CT molecular complexity index is 1110. The van der Waals surface area contributed by atoms with Crippen molar-refractivity contribution in [3.8, 4) is 10.4 Å². The van der Waals surface area contributed by atoms with E-state index in [1.807, 2.05) is 18.2 Å². The van der Waals surface area contributed by atoms with Gasteiger partial charge < -0.3 is 11.1 Å². The van der Waals surface area contributed by atoms with Gasteiger partial charge in [-0.2, -0.15) is 0 Å². The molecule has 0 unspecified atom stereocenters. The SMILES string of the molecule is Nc1ncc(-c2ccc3cnc(NC(=O)c4ccc(F)cc4)cc3c2)s1. The summed E-state index contributed by atoms with van der Waals surface area (Å²) in [6.07, 6.45) is 3.43. The zero-order chi connectivity index (χ0) is 18.1. The van der Waals surface area contributed by atoms with Crippen LogP contribution in [0.25, 0.3) is 21.2 Å². The Kier molecular flexibility index (Phi) is 4.06. The van der Waals surface area contributed by atoms with Gasteiger partial charge in [0.05, 0.1) is 4.88 Å². The fourth-order valence-corrected chi connectivity index (χ4v) is 3.25. The molecule has 26 heavy (non-hydrogen) atoms. The summed E-state index contributed by atoms with van der Waals surface area (Å²) in [5.74, 6) is -0.308. The average Bonchev–Trinajstić information content (AvgIpc) is 3.08. The zero-order valence-corrected chi connectivity index (χ0v) is 14.3. The fraction of sp³-hybridized carbons (Fsp3) is 0. The lowest BCUT2D eigenvalue weighted by Gasteiger charge is -2.07. The number of benzene rings is 2. The summed E-state index contributed by atoms with van der Waals surface area (Å²) in [4.78, 5) is 21.6. The van der Waals surface area contributed by atoms with Crippen LogP contribution in [0.3, 0.4) is 0 Å². The maximum absolute atomic E-state index is 13.0. The van der Waals surface area contributed by atoms with Crippen LogP contribution in [0.4, 0.5) is 15.3 Å². The van der Waals surface area contributed by atoms with Crippen molar-refractivity contribution in [1.29, 1.82) is 0 Å². The molecule has 0 saturated carbocycles. The minimum atomic E-state index is -0.387. The second kappa shape index (κ2) is 6.53. The summed E-state index contributed by atoms with van der Waals surface area (Å²) < 4.78 is 13.0. The highest BCUT2D eigenvalue weighted by Gasteiger charge is 2.09. The fourth-order valence-electron chi connectivity index (χ4n) is 2.57. The van der Waals surface area contributed by atoms with Crippen molar-refractivity contribution >= 4 is 39.0 Å². The molecule has 0 aliphatic carbocycles. The van der Waals surface area contributed by atoms with Crippen LogP contribution < -0.4 is 11.1 Å². The van der Waals surface area contributed by atoms with Crippen molar-refractivity contribution in [2.24, 2.45) is 0 Å². The van der Waals surface area contributed by atoms with Crippen molar-refractivity contribution < 1.29 is 9.18 Å². The van der Waals surface area contributed by atoms with E-state index in [0.717, 1.165) is 21.2 Å². The number of carbonyl (C=O) groups excluding carboxylic acids is 1. The Hall–Kier alpha value is -3.32. The van der Waals surface area contributed by atoms with Crippen molar-refractivity contribution in [1.82, 2.24) is 9.97 Å². The van der Waals surface area contributed by atoms with Crippen LogP contribution in [0.15, 0.2) is 60.9 Å². The molecule has 2 heterocycles. The molecule has 7 heteroatoms. The van der Waals surface area contributed by atoms with Crippen LogP contribution in [0.5, 0.6) is 0 Å². The first-order valence-corrected chi connectivity index (χ1v) is 8.58. The third-order valence-corrected chi connectivity index (χ3v) is 4.75. The number of amides is 1. The molecule has 4 aromatic rings. The standard InChI is InChI=1S/C19H13FN4OS/c20-15-5-3-11(4-6-15)18(25)24-17-8-14-7-12(1-2-13(14)9-22-17)16-10-23-19(21)26-16/h1-10H,(H2,21,23)(H,22,24,25). The van der Waals surface area contributed by atoms with E-state index in [9.17, 15) is 9.18 Å². The van der Waals surface area contributed by atoms with E-state index in [1.165, 1.54) is 35.6 Å². The number of thiazole rings is 1. The Balaban J connectivity index is 1.63. The number of nitrogens with one attached hydrogen (secondary N) is 1. The van der Waals surface area contributed by atoms with Gasteiger partial charge in [-0.05, 0) is 47.3 Å². The first-order valence-electron chi connectivity index (χ1n) is 7.77. The quantitative estimate of drug-likeness (QED) is 0.567. The second-order valence-electron chi connectivity index (χ2n) is 5.66. The van der Waals surface area contributed by atoms with E-state index in [4.69, 9.17) is 5.73 Å². The molecule has 4 rings (SSSR count). The lowest BCUT2D eigenvalue weighted by molar-refractivity contribution is 0.102. The number of nitrogen functional groups attached to an aromatic ring is 1. The predicted molar refractivity (Wildman–Crippen MR) is 102 cm³/mol. The molecular formula is C19H13FN4OS. The average molecular weight is 364 g/mol. The number of anilines is 2. The number of halogens is 1. The summed E-state index contributed by atoms with van der Waals surface area (Å²) >= 11 is 1.41. The summed E-state index contributed by atoms with van der Waals surface area (Å²) in [5.41, 5.74) is 7.06. The van der Waals surface area contributed by atoms with E-state index < -0.39 is 0 Å². The van der Waals surface area contributed by atoms with E-state index in [2.05, 4.69) is 15.3 Å². The van der Waals surface area contributed by atoms with Crippen LogP contribution in [0.2, 0.25) is 0 Å². The van der Waals surface area contributed by atoms with Crippen molar-refractivity contribution in [2.45, 2.75) is 0 Å². The van der Waals surface area contributed by atoms with Crippen molar-refractivity contribution in [3.05, 3.63) is 72.3 Å². The van der Waals surface area contributed by atoms with E-state index >= 15 is 0 Å². The minimum Gasteiger partial charge on any atom is -0.375 e. The van der Waals surface area contributed by atoms with Gasteiger partial charge >= 0.3 is 0 Å². The first-order chi connectivity index (χ1) is 12.6. The number of aromatic nitrogens is 2. The Morgan fingerprint density at radius 1 is 1.00 bits per heavy atom. The van der Waals surface area contributed by atoms with Gasteiger partial charge in [0.15, 0.2) is 5.13 Å². The number of nitrogens with zero attached hydrogens (tertiary/aromatic N) is 2. The normalized spacial score (nSPS) is 10.8. The number of nitrogens with two attached hydrogens (primary N) is 1. The molecule has 1 amide bonds. The van der Waals surface area contributed by atoms with E-state index in [-0.39, 0.29) is 11.7 Å². The largest absolute Gasteiger partial charge is 0.375 e. The summed E-state index contributed by atoms with van der Waals surface area (Å²) in [6.45, 7) is 0. The molecule has 3 N–H and O–H groups in total. The topological polar surface area (TPSA) is 80.9 Å². The number of pyridine rings is 1. The first kappa shape index (κ1) is 16.2. The highest BCUT2D eigenvalue weighted by Crippen LogP contribution is 2.30. The smallest absolute Gasteiger partial charge is 0.256 e. The molecule has 0 atom stereocenters. The molecule has 0 saturated heterocycles. The number of hydrogen-bond acceptors (Lipinski definition) is 5. The van der Waals surface area contributed by atoms with Crippen LogP contribution in [0, 0.1) is 5.82 Å². The highest BCUT2D eigenvalue weighted by molar-refractivity contribution is 7.18. The molecule has 0 fully saturated rings. The Morgan fingerprint density at radius 2 is 1.81 bits per heavy atom. The highest BCUT2D eigenvalue weighted by atomic mass is 32.1. The molecule has 0 radical (unpaired) electrons. The Labute approximate surface area is 152 Å². The van der Waals surface area contributed by atoms with Crippen LogP contribution in [-0.4, -0.2) is 15.9 Å². The lowest BCUT2D eigenvalue weighted by atomic mass is 10.1. The molecule has 5 nitrogen and oxygen atoms in total. The van der Waals surface area contributed by atoms with E-state index in [1.54, 1.807) is 18.5 Å². The van der Waals surface area contributed by atoms with Gasteiger partial charge in [0, 0.05) is 23.3 Å². The number of carbonyl (C=O) groups is 1. The zero-order valence-electron chi connectivity index (χ0n) is 13.4. The van der Waals surface area contributed by atoms with Gasteiger partial charge in [0.1, 0.15) is 11.6 Å². The summed E-state index contributed by atoms with van der Waals surface area (Å²) in [7, 11) is 0. The lowest BCUT2D eigenvalue weighted by Crippen LogP contribution is -2.12. The van der Waals surface area contributed by atoms with E-state index in [0.29, 0.717) is 16.5 Å². The summed E-state index contributed by atoms with van der Waals surface area (Å²) in [5, 5.41) is 5.13. The predicted octanol–water partition coefficient (Wildman–Crippen LogP) is 4.33. The molecule has 0 aliphatic heterocycles. The van der Waals surface area contributed by atoms with Crippen molar-refractivity contribution in [3.63, 3.8) is 0 Å². The molecule has 2 aromatic heterocycles. The molecule has 0 aliphatic rings. The molecule has 0 spiro atoms. The van der Waals surface area contributed by atoms with Gasteiger partial charge in [0.2, 0.25) is 0 Å². The van der Waals surface area contributed by atoms with Gasteiger partial charge in [-0.3, -0.25) is 4.79 Å². The minimum absolute atomic E-state index is 0.344. The van der Waals surface area contributed by atoms with Crippen LogP contribution in [-0.2, 0) is 0 Å².